The molecule has 0 radical (unpaired) electrons. The number of aromatic nitrogens is 1. The molecule has 22 heavy (non-hydrogen) atoms. The molecule has 0 atom stereocenters. The topological polar surface area (TPSA) is 72.2 Å². The van der Waals surface area contributed by atoms with Gasteiger partial charge in [0.1, 0.15) is 17.4 Å². The number of esters is 1. The smallest absolute Gasteiger partial charge is 0.340 e. The van der Waals surface area contributed by atoms with E-state index in [-0.39, 0.29) is 0 Å². The first kappa shape index (κ1) is 15.5. The molecule has 0 spiro atoms. The number of para-hydroxylation sites is 1. The van der Waals surface area contributed by atoms with E-state index >= 15 is 0 Å². The zero-order valence-corrected chi connectivity index (χ0v) is 12.7. The van der Waals surface area contributed by atoms with Crippen LogP contribution in [-0.4, -0.2) is 16.6 Å². The maximum atomic E-state index is 11.9. The molecule has 0 bridgehead atoms. The molecule has 2 rings (SSSR count). The van der Waals surface area contributed by atoms with Gasteiger partial charge in [-0.3, -0.25) is 0 Å². The number of nitriles is 1. The minimum Gasteiger partial charge on any atom is -0.456 e. The van der Waals surface area contributed by atoms with Crippen LogP contribution in [0.3, 0.4) is 0 Å². The number of carbonyl (C=O) groups excluding carboxylic acids is 1. The van der Waals surface area contributed by atoms with Gasteiger partial charge < -0.3 is 9.47 Å². The summed E-state index contributed by atoms with van der Waals surface area (Å²) in [4.78, 5) is 16.0. The minimum absolute atomic E-state index is 0.301. The Hall–Kier alpha value is -2.87. The molecule has 1 heterocycles. The van der Waals surface area contributed by atoms with Gasteiger partial charge in [-0.1, -0.05) is 12.1 Å². The second-order valence-corrected chi connectivity index (χ2v) is 5.60. The van der Waals surface area contributed by atoms with Crippen molar-refractivity contribution in [3.8, 4) is 17.7 Å². The predicted octanol–water partition coefficient (Wildman–Crippen LogP) is 3.70. The third-order valence-corrected chi connectivity index (χ3v) is 2.59. The van der Waals surface area contributed by atoms with Crippen LogP contribution in [0.15, 0.2) is 42.6 Å². The molecule has 0 aliphatic rings. The maximum absolute atomic E-state index is 11.9. The summed E-state index contributed by atoms with van der Waals surface area (Å²) in [6.45, 7) is 5.40. The highest BCUT2D eigenvalue weighted by molar-refractivity contribution is 5.89. The Labute approximate surface area is 129 Å². The molecular weight excluding hydrogens is 280 g/mol. The molecule has 0 fully saturated rings. The normalized spacial score (nSPS) is 10.6. The van der Waals surface area contributed by atoms with Crippen molar-refractivity contribution in [1.29, 1.82) is 5.26 Å². The summed E-state index contributed by atoms with van der Waals surface area (Å²) in [5, 5.41) is 9.01. The van der Waals surface area contributed by atoms with E-state index in [9.17, 15) is 4.79 Å². The zero-order valence-electron chi connectivity index (χ0n) is 12.7. The Kier molecular flexibility index (Phi) is 4.42. The van der Waals surface area contributed by atoms with Gasteiger partial charge in [-0.25, -0.2) is 9.78 Å². The first-order chi connectivity index (χ1) is 10.4. The van der Waals surface area contributed by atoms with Gasteiger partial charge >= 0.3 is 5.97 Å². The summed E-state index contributed by atoms with van der Waals surface area (Å²) in [5.74, 6) is 0.279. The molecule has 0 saturated carbocycles. The first-order valence-corrected chi connectivity index (χ1v) is 6.75. The van der Waals surface area contributed by atoms with Crippen LogP contribution in [-0.2, 0) is 4.74 Å². The Morgan fingerprint density at radius 2 is 1.91 bits per heavy atom. The lowest BCUT2D eigenvalue weighted by Gasteiger charge is -2.19. The van der Waals surface area contributed by atoms with E-state index in [4.69, 9.17) is 14.7 Å². The summed E-state index contributed by atoms with van der Waals surface area (Å²) in [7, 11) is 0. The van der Waals surface area contributed by atoms with Gasteiger partial charge in [-0.2, -0.15) is 5.26 Å². The molecule has 2 aromatic rings. The quantitative estimate of drug-likeness (QED) is 0.807. The highest BCUT2D eigenvalue weighted by Crippen LogP contribution is 2.23. The second-order valence-electron chi connectivity index (χ2n) is 5.60. The van der Waals surface area contributed by atoms with E-state index in [1.807, 2.05) is 6.07 Å². The standard InChI is InChI=1S/C17H16N2O3/c1-17(2,3)22-16(20)13-8-9-15(19-11-13)21-14-7-5-4-6-12(14)10-18/h4-9,11H,1-3H3. The van der Waals surface area contributed by atoms with Crippen LogP contribution < -0.4 is 4.74 Å². The molecule has 5 nitrogen and oxygen atoms in total. The largest absolute Gasteiger partial charge is 0.456 e. The molecule has 0 aliphatic carbocycles. The molecule has 1 aromatic heterocycles. The van der Waals surface area contributed by atoms with Crippen LogP contribution >= 0.6 is 0 Å². The average molecular weight is 296 g/mol. The van der Waals surface area contributed by atoms with Gasteiger partial charge in [0, 0.05) is 12.3 Å². The van der Waals surface area contributed by atoms with Crippen molar-refractivity contribution in [3.05, 3.63) is 53.7 Å². The SMILES string of the molecule is CC(C)(C)OC(=O)c1ccc(Oc2ccccc2C#N)nc1. The maximum Gasteiger partial charge on any atom is 0.340 e. The highest BCUT2D eigenvalue weighted by Gasteiger charge is 2.18. The lowest BCUT2D eigenvalue weighted by atomic mass is 10.2. The van der Waals surface area contributed by atoms with Crippen molar-refractivity contribution < 1.29 is 14.3 Å². The van der Waals surface area contributed by atoms with Crippen molar-refractivity contribution >= 4 is 5.97 Å². The molecule has 1 aromatic carbocycles. The van der Waals surface area contributed by atoms with Gasteiger partial charge in [0.15, 0.2) is 0 Å². The van der Waals surface area contributed by atoms with Crippen LogP contribution in [0.1, 0.15) is 36.7 Å². The number of pyridine rings is 1. The lowest BCUT2D eigenvalue weighted by Crippen LogP contribution is -2.23. The number of ether oxygens (including phenoxy) is 2. The number of hydrogen-bond donors (Lipinski definition) is 0. The zero-order chi connectivity index (χ0) is 16.2. The van der Waals surface area contributed by atoms with Gasteiger partial charge in [-0.15, -0.1) is 0 Å². The summed E-state index contributed by atoms with van der Waals surface area (Å²) in [6.07, 6.45) is 1.39. The predicted molar refractivity (Wildman–Crippen MR) is 80.6 cm³/mol. The van der Waals surface area contributed by atoms with Crippen LogP contribution in [0.4, 0.5) is 0 Å². The lowest BCUT2D eigenvalue weighted by molar-refractivity contribution is 0.00691. The fraction of sp³-hybridized carbons (Fsp3) is 0.235. The minimum atomic E-state index is -0.558. The fourth-order valence-electron chi connectivity index (χ4n) is 1.66. The van der Waals surface area contributed by atoms with Gasteiger partial charge in [-0.05, 0) is 39.0 Å². The van der Waals surface area contributed by atoms with Crippen molar-refractivity contribution in [1.82, 2.24) is 4.98 Å². The Morgan fingerprint density at radius 1 is 1.18 bits per heavy atom. The van der Waals surface area contributed by atoms with Crippen LogP contribution in [0.5, 0.6) is 11.6 Å². The van der Waals surface area contributed by atoms with E-state index in [0.29, 0.717) is 22.8 Å². The first-order valence-electron chi connectivity index (χ1n) is 6.75. The number of hydrogen-bond acceptors (Lipinski definition) is 5. The summed E-state index contributed by atoms with van der Waals surface area (Å²) in [6, 6.07) is 12.0. The van der Waals surface area contributed by atoms with Crippen molar-refractivity contribution in [2.24, 2.45) is 0 Å². The molecule has 0 N–H and O–H groups in total. The van der Waals surface area contributed by atoms with Crippen LogP contribution in [0.25, 0.3) is 0 Å². The third kappa shape index (κ3) is 4.06. The monoisotopic (exact) mass is 296 g/mol. The van der Waals surface area contributed by atoms with Gasteiger partial charge in [0.25, 0.3) is 0 Å². The number of rotatable bonds is 3. The van der Waals surface area contributed by atoms with E-state index in [0.717, 1.165) is 0 Å². The molecule has 112 valence electrons. The molecule has 0 aliphatic heterocycles. The van der Waals surface area contributed by atoms with Gasteiger partial charge in [0.05, 0.1) is 11.1 Å². The second kappa shape index (κ2) is 6.27. The Morgan fingerprint density at radius 3 is 2.50 bits per heavy atom. The van der Waals surface area contributed by atoms with Gasteiger partial charge in [0.2, 0.25) is 5.88 Å². The van der Waals surface area contributed by atoms with Crippen molar-refractivity contribution in [2.45, 2.75) is 26.4 Å². The van der Waals surface area contributed by atoms with Crippen LogP contribution in [0, 0.1) is 11.3 Å². The summed E-state index contributed by atoms with van der Waals surface area (Å²) in [5.41, 5.74) is 0.203. The molecule has 0 unspecified atom stereocenters. The molecule has 0 amide bonds. The fourth-order valence-corrected chi connectivity index (χ4v) is 1.66. The Bertz CT molecular complexity index is 710. The third-order valence-electron chi connectivity index (χ3n) is 2.59. The van der Waals surface area contributed by atoms with E-state index in [1.165, 1.54) is 6.20 Å². The molecular formula is C17H16N2O3. The van der Waals surface area contributed by atoms with Crippen molar-refractivity contribution in [2.75, 3.05) is 0 Å². The highest BCUT2D eigenvalue weighted by atomic mass is 16.6. The van der Waals surface area contributed by atoms with E-state index < -0.39 is 11.6 Å². The molecule has 5 heteroatoms. The molecule has 0 saturated heterocycles. The van der Waals surface area contributed by atoms with E-state index in [1.54, 1.807) is 57.2 Å². The number of benzene rings is 1. The van der Waals surface area contributed by atoms with E-state index in [2.05, 4.69) is 4.98 Å². The summed E-state index contributed by atoms with van der Waals surface area (Å²) >= 11 is 0. The average Bonchev–Trinajstić information content (AvgIpc) is 2.47. The Balaban J connectivity index is 2.13. The number of carbonyl (C=O) groups is 1. The van der Waals surface area contributed by atoms with Crippen molar-refractivity contribution in [3.63, 3.8) is 0 Å². The number of nitrogens with zero attached hydrogens (tertiary/aromatic N) is 2. The summed E-state index contributed by atoms with van der Waals surface area (Å²) < 4.78 is 10.8. The van der Waals surface area contributed by atoms with Crippen LogP contribution in [0.2, 0.25) is 0 Å².